The molecule has 1 atom stereocenters. The van der Waals surface area contributed by atoms with Crippen LogP contribution in [0.15, 0.2) is 53.6 Å². The van der Waals surface area contributed by atoms with E-state index in [1.807, 2.05) is 0 Å². The van der Waals surface area contributed by atoms with Crippen molar-refractivity contribution in [2.75, 3.05) is 21.9 Å². The number of benzene rings is 2. The van der Waals surface area contributed by atoms with Crippen molar-refractivity contribution in [1.29, 1.82) is 0 Å². The third kappa shape index (κ3) is 3.28. The van der Waals surface area contributed by atoms with Crippen molar-refractivity contribution in [3.05, 3.63) is 65.9 Å². The van der Waals surface area contributed by atoms with E-state index in [-0.39, 0.29) is 12.5 Å². The smallest absolute Gasteiger partial charge is 0.270 e. The molecule has 5 rings (SSSR count). The second-order valence-corrected chi connectivity index (χ2v) is 9.12. The quantitative estimate of drug-likeness (QED) is 0.429. The predicted octanol–water partition coefficient (Wildman–Crippen LogP) is 2.45. The normalized spacial score (nSPS) is 16.2. The molecule has 0 radical (unpaired) electrons. The molecule has 4 N–H and O–H groups in total. The number of hydrogen-bond acceptors (Lipinski definition) is 7. The Kier molecular flexibility index (Phi) is 4.66. The molecule has 3 heterocycles. The van der Waals surface area contributed by atoms with E-state index in [4.69, 9.17) is 5.73 Å². The number of fused-ring (bicyclic) bond motifs is 2. The molecule has 1 unspecified atom stereocenters. The van der Waals surface area contributed by atoms with Crippen LogP contribution >= 0.6 is 0 Å². The van der Waals surface area contributed by atoms with Gasteiger partial charge in [-0.3, -0.25) is 9.40 Å². The number of aromatic amines is 1. The van der Waals surface area contributed by atoms with Gasteiger partial charge in [0.2, 0.25) is 5.95 Å². The summed E-state index contributed by atoms with van der Waals surface area (Å²) in [5.41, 5.74) is 7.26. The van der Waals surface area contributed by atoms with Gasteiger partial charge in [-0.15, -0.1) is 0 Å². The molecule has 0 amide bonds. The summed E-state index contributed by atoms with van der Waals surface area (Å²) in [7, 11) is -4.53. The predicted molar refractivity (Wildman–Crippen MR) is 115 cm³/mol. The summed E-state index contributed by atoms with van der Waals surface area (Å²) in [6, 6.07) is 9.31. The van der Waals surface area contributed by atoms with E-state index in [2.05, 4.69) is 25.5 Å². The lowest BCUT2D eigenvalue weighted by molar-refractivity contribution is 0.515. The maximum atomic E-state index is 14.4. The van der Waals surface area contributed by atoms with Crippen molar-refractivity contribution in [3.63, 3.8) is 0 Å². The Morgan fingerprint density at radius 1 is 1.09 bits per heavy atom. The lowest BCUT2D eigenvalue weighted by atomic mass is 9.99. The van der Waals surface area contributed by atoms with Gasteiger partial charge in [0.05, 0.1) is 29.9 Å². The summed E-state index contributed by atoms with van der Waals surface area (Å²) in [6.45, 7) is -0.0869. The van der Waals surface area contributed by atoms with Gasteiger partial charge < -0.3 is 11.1 Å². The van der Waals surface area contributed by atoms with E-state index >= 15 is 0 Å². The van der Waals surface area contributed by atoms with Gasteiger partial charge in [0.1, 0.15) is 17.5 Å². The molecular weight excluding hydrogens is 440 g/mol. The van der Waals surface area contributed by atoms with E-state index < -0.39 is 32.6 Å². The number of halogens is 2. The fourth-order valence-electron chi connectivity index (χ4n) is 3.87. The molecule has 0 saturated carbocycles. The molecule has 2 aromatic carbocycles. The van der Waals surface area contributed by atoms with Crippen LogP contribution in [0.25, 0.3) is 11.0 Å². The number of anilines is 3. The third-order valence-electron chi connectivity index (χ3n) is 5.25. The average Bonchev–Trinajstić information content (AvgIpc) is 3.21. The zero-order chi connectivity index (χ0) is 22.5. The fraction of sp³-hybridized carbons (Fsp3) is 0.150. The van der Waals surface area contributed by atoms with E-state index in [1.54, 1.807) is 24.3 Å². The first-order valence-corrected chi connectivity index (χ1v) is 11.1. The van der Waals surface area contributed by atoms with Gasteiger partial charge in [0.15, 0.2) is 10.5 Å². The largest absolute Gasteiger partial charge is 0.368 e. The Balaban J connectivity index is 1.57. The average molecular weight is 457 g/mol. The first-order chi connectivity index (χ1) is 15.3. The number of H-pyrrole nitrogens is 1. The van der Waals surface area contributed by atoms with Crippen molar-refractivity contribution in [1.82, 2.24) is 20.2 Å². The summed E-state index contributed by atoms with van der Waals surface area (Å²) in [4.78, 5) is 7.28. The highest BCUT2D eigenvalue weighted by molar-refractivity contribution is 7.92. The number of nitrogens with zero attached hydrogens (tertiary/aromatic N) is 4. The molecular formula is C20H17F2N7O2S. The van der Waals surface area contributed by atoms with Crippen molar-refractivity contribution in [2.24, 2.45) is 0 Å². The zero-order valence-electron chi connectivity index (χ0n) is 16.5. The molecule has 0 aliphatic carbocycles. The molecule has 32 heavy (non-hydrogen) atoms. The van der Waals surface area contributed by atoms with Gasteiger partial charge in [0.25, 0.3) is 10.0 Å². The lowest BCUT2D eigenvalue weighted by Crippen LogP contribution is -2.46. The number of sulfonamides is 1. The lowest BCUT2D eigenvalue weighted by Gasteiger charge is -2.36. The minimum atomic E-state index is -4.53. The Bertz CT molecular complexity index is 1420. The van der Waals surface area contributed by atoms with Crippen LogP contribution in [0.3, 0.4) is 0 Å². The Morgan fingerprint density at radius 3 is 2.62 bits per heavy atom. The monoisotopic (exact) mass is 457 g/mol. The summed E-state index contributed by atoms with van der Waals surface area (Å²) in [6.07, 6.45) is 1.97. The van der Waals surface area contributed by atoms with E-state index in [0.29, 0.717) is 34.5 Å². The minimum Gasteiger partial charge on any atom is -0.368 e. The molecule has 164 valence electrons. The molecule has 1 aliphatic rings. The summed E-state index contributed by atoms with van der Waals surface area (Å²) >= 11 is 0. The van der Waals surface area contributed by atoms with E-state index in [9.17, 15) is 17.2 Å². The molecule has 0 saturated heterocycles. The van der Waals surface area contributed by atoms with Crippen LogP contribution in [-0.2, 0) is 16.4 Å². The number of hydrogen-bond donors (Lipinski definition) is 3. The second-order valence-electron chi connectivity index (χ2n) is 7.32. The fourth-order valence-corrected chi connectivity index (χ4v) is 5.54. The van der Waals surface area contributed by atoms with E-state index in [0.717, 1.165) is 22.5 Å². The van der Waals surface area contributed by atoms with Gasteiger partial charge in [0, 0.05) is 0 Å². The second kappa shape index (κ2) is 7.41. The van der Waals surface area contributed by atoms with Crippen LogP contribution in [0.2, 0.25) is 0 Å². The molecule has 0 bridgehead atoms. The Morgan fingerprint density at radius 2 is 1.84 bits per heavy atom. The number of nitrogens with two attached hydrogens (primary N) is 1. The first kappa shape index (κ1) is 20.1. The molecule has 0 spiro atoms. The van der Waals surface area contributed by atoms with Crippen LogP contribution in [-0.4, -0.2) is 41.2 Å². The number of nitrogen functional groups attached to an aromatic ring is 1. The van der Waals surface area contributed by atoms with Crippen molar-refractivity contribution in [3.8, 4) is 0 Å². The SMILES string of the molecule is Nc1nc(NC2Cc3ccccc3N(S(=O)(=O)c3c(F)cccc3F)C2)c2cn[nH]c2n1. The molecule has 12 heteroatoms. The maximum Gasteiger partial charge on any atom is 0.270 e. The standard InChI is InChI=1S/C20H17F2N7O2S/c21-14-5-3-6-15(22)17(14)32(30,31)29-10-12(8-11-4-1-2-7-16(11)29)25-18-13-9-24-28-19(13)27-20(23)26-18/h1-7,9,12H,8,10H2,(H4,23,24,25,26,27,28). The van der Waals surface area contributed by atoms with Crippen molar-refractivity contribution >= 4 is 38.5 Å². The van der Waals surface area contributed by atoms with Gasteiger partial charge in [-0.05, 0) is 30.2 Å². The zero-order valence-corrected chi connectivity index (χ0v) is 17.3. The maximum absolute atomic E-state index is 14.4. The highest BCUT2D eigenvalue weighted by Gasteiger charge is 2.36. The molecule has 1 aliphatic heterocycles. The molecule has 4 aromatic rings. The van der Waals surface area contributed by atoms with Crippen molar-refractivity contribution in [2.45, 2.75) is 17.4 Å². The number of nitrogens with one attached hydrogen (secondary N) is 2. The topological polar surface area (TPSA) is 130 Å². The minimum absolute atomic E-state index is 0.0124. The number of aromatic nitrogens is 4. The van der Waals surface area contributed by atoms with Crippen LogP contribution in [0.5, 0.6) is 0 Å². The van der Waals surface area contributed by atoms with Crippen LogP contribution in [0, 0.1) is 11.6 Å². The first-order valence-electron chi connectivity index (χ1n) is 9.62. The van der Waals surface area contributed by atoms with Gasteiger partial charge in [-0.25, -0.2) is 17.2 Å². The third-order valence-corrected chi connectivity index (χ3v) is 7.08. The molecule has 2 aromatic heterocycles. The number of rotatable bonds is 4. The summed E-state index contributed by atoms with van der Waals surface area (Å²) < 4.78 is 56.6. The van der Waals surface area contributed by atoms with Crippen LogP contribution < -0.4 is 15.4 Å². The molecule has 0 fully saturated rings. The summed E-state index contributed by atoms with van der Waals surface area (Å²) in [5.74, 6) is -1.92. The number of para-hydroxylation sites is 1. The highest BCUT2D eigenvalue weighted by atomic mass is 32.2. The highest BCUT2D eigenvalue weighted by Crippen LogP contribution is 2.34. The van der Waals surface area contributed by atoms with Gasteiger partial charge in [-0.2, -0.15) is 15.1 Å². The van der Waals surface area contributed by atoms with Crippen molar-refractivity contribution < 1.29 is 17.2 Å². The van der Waals surface area contributed by atoms with Gasteiger partial charge >= 0.3 is 0 Å². The van der Waals surface area contributed by atoms with Crippen LogP contribution in [0.4, 0.5) is 26.2 Å². The van der Waals surface area contributed by atoms with Crippen LogP contribution in [0.1, 0.15) is 5.56 Å². The van der Waals surface area contributed by atoms with Gasteiger partial charge in [-0.1, -0.05) is 24.3 Å². The summed E-state index contributed by atoms with van der Waals surface area (Å²) in [5, 5.41) is 10.4. The molecule has 9 nitrogen and oxygen atoms in total. The Hall–Kier alpha value is -3.80. The Labute approximate surface area is 181 Å². The van der Waals surface area contributed by atoms with E-state index in [1.165, 1.54) is 6.20 Å².